The average Bonchev–Trinajstić information content (AvgIpc) is 2.45. The topological polar surface area (TPSA) is 101 Å². The van der Waals surface area contributed by atoms with Gasteiger partial charge in [-0.25, -0.2) is 4.79 Å². The van der Waals surface area contributed by atoms with Gasteiger partial charge in [-0.15, -0.1) is 11.8 Å². The van der Waals surface area contributed by atoms with E-state index < -0.39 is 11.9 Å². The van der Waals surface area contributed by atoms with Crippen LogP contribution in [-0.2, 0) is 4.79 Å². The van der Waals surface area contributed by atoms with Gasteiger partial charge in [0.05, 0.1) is 5.56 Å². The van der Waals surface area contributed by atoms with Crippen LogP contribution in [0.3, 0.4) is 0 Å². The Bertz CT molecular complexity index is 459. The molecule has 0 heterocycles. The summed E-state index contributed by atoms with van der Waals surface area (Å²) < 4.78 is 0. The second-order valence-electron chi connectivity index (χ2n) is 4.44. The zero-order valence-corrected chi connectivity index (χ0v) is 14.7. The number of carbonyl (C=O) groups is 2. The molecule has 0 bridgehead atoms. The second kappa shape index (κ2) is 13.0. The molecule has 1 aromatic rings. The van der Waals surface area contributed by atoms with Crippen LogP contribution in [0.2, 0.25) is 0 Å². The Morgan fingerprint density at radius 3 is 2.14 bits per heavy atom. The van der Waals surface area contributed by atoms with Gasteiger partial charge in [0.1, 0.15) is 0 Å². The highest BCUT2D eigenvalue weighted by molar-refractivity contribution is 7.99. The van der Waals surface area contributed by atoms with E-state index in [0.29, 0.717) is 11.6 Å². The quantitative estimate of drug-likeness (QED) is 0.552. The fraction of sp³-hybridized carbons (Fsp3) is 0.500. The number of aliphatic carboxylic acids is 1. The summed E-state index contributed by atoms with van der Waals surface area (Å²) in [5.41, 5.74) is 6.42. The van der Waals surface area contributed by atoms with Crippen molar-refractivity contribution in [1.29, 1.82) is 0 Å². The van der Waals surface area contributed by atoms with E-state index in [1.54, 1.807) is 17.8 Å². The summed E-state index contributed by atoms with van der Waals surface area (Å²) in [6.45, 7) is 9.41. The minimum Gasteiger partial charge on any atom is -0.481 e. The zero-order valence-electron chi connectivity index (χ0n) is 13.9. The van der Waals surface area contributed by atoms with E-state index in [0.717, 1.165) is 24.0 Å². The van der Waals surface area contributed by atoms with E-state index in [1.165, 1.54) is 6.07 Å². The first-order valence-electron chi connectivity index (χ1n) is 7.22. The summed E-state index contributed by atoms with van der Waals surface area (Å²) in [4.78, 5) is 20.8. The van der Waals surface area contributed by atoms with Gasteiger partial charge in [0.15, 0.2) is 0 Å². The van der Waals surface area contributed by atoms with Gasteiger partial charge in [-0.3, -0.25) is 4.79 Å². The van der Waals surface area contributed by atoms with Crippen molar-refractivity contribution < 1.29 is 19.8 Å². The van der Waals surface area contributed by atoms with Crippen molar-refractivity contribution in [2.24, 2.45) is 5.92 Å². The molecular formula is C16H27NO4S. The van der Waals surface area contributed by atoms with Crippen LogP contribution in [0.25, 0.3) is 0 Å². The lowest BCUT2D eigenvalue weighted by Crippen LogP contribution is -2.00. The number of rotatable bonds is 5. The monoisotopic (exact) mass is 329 g/mol. The van der Waals surface area contributed by atoms with Crippen LogP contribution >= 0.6 is 11.8 Å². The molecular weight excluding hydrogens is 302 g/mol. The van der Waals surface area contributed by atoms with E-state index in [2.05, 4.69) is 13.8 Å². The van der Waals surface area contributed by atoms with Gasteiger partial charge in [0.25, 0.3) is 5.97 Å². The Morgan fingerprint density at radius 2 is 1.73 bits per heavy atom. The third-order valence-corrected chi connectivity index (χ3v) is 3.71. The number of carboxylic acids is 2. The Labute approximate surface area is 136 Å². The highest BCUT2D eigenvalue weighted by Gasteiger charge is 2.07. The molecule has 22 heavy (non-hydrogen) atoms. The summed E-state index contributed by atoms with van der Waals surface area (Å²) in [7, 11) is 0. The van der Waals surface area contributed by atoms with E-state index in [4.69, 9.17) is 20.7 Å². The zero-order chi connectivity index (χ0) is 17.7. The molecule has 0 radical (unpaired) electrons. The smallest absolute Gasteiger partial charge is 0.335 e. The lowest BCUT2D eigenvalue weighted by atomic mass is 10.2. The Balaban J connectivity index is 0. The molecule has 1 unspecified atom stereocenters. The minimum absolute atomic E-state index is 0.256. The molecule has 0 amide bonds. The molecule has 0 saturated carbocycles. The van der Waals surface area contributed by atoms with Crippen molar-refractivity contribution in [2.45, 2.75) is 45.9 Å². The standard InChI is InChI=1S/C12H17NO2S.C2H4O2.C2H6/c1-3-8(2)7-16-11-5-9(12(14)15)4-10(13)6-11;1-2(3)4;1-2/h4-6,8H,3,7,13H2,1-2H3,(H,14,15);1H3,(H,3,4);1-2H3. The number of aromatic carboxylic acids is 1. The third-order valence-electron chi connectivity index (χ3n) is 2.41. The molecule has 1 rings (SSSR count). The molecule has 0 aliphatic carbocycles. The maximum Gasteiger partial charge on any atom is 0.335 e. The molecule has 0 aliphatic heterocycles. The van der Waals surface area contributed by atoms with Gasteiger partial charge in [-0.1, -0.05) is 34.1 Å². The lowest BCUT2D eigenvalue weighted by Gasteiger charge is -2.09. The predicted octanol–water partition coefficient (Wildman–Crippen LogP) is 4.22. The second-order valence-corrected chi connectivity index (χ2v) is 5.53. The fourth-order valence-electron chi connectivity index (χ4n) is 1.19. The SMILES string of the molecule is CC.CC(=O)O.CCC(C)CSc1cc(N)cc(C(=O)O)c1. The first-order chi connectivity index (χ1) is 10.3. The predicted molar refractivity (Wildman–Crippen MR) is 92.7 cm³/mol. The Kier molecular flexibility index (Phi) is 13.4. The maximum absolute atomic E-state index is 10.8. The van der Waals surface area contributed by atoms with Crippen molar-refractivity contribution in [2.75, 3.05) is 11.5 Å². The molecule has 1 atom stereocenters. The van der Waals surface area contributed by atoms with E-state index >= 15 is 0 Å². The third kappa shape index (κ3) is 12.1. The van der Waals surface area contributed by atoms with Gasteiger partial charge in [0.2, 0.25) is 0 Å². The molecule has 0 fully saturated rings. The number of hydrogen-bond acceptors (Lipinski definition) is 4. The van der Waals surface area contributed by atoms with Crippen molar-refractivity contribution in [3.05, 3.63) is 23.8 Å². The van der Waals surface area contributed by atoms with Crippen LogP contribution in [0.15, 0.2) is 23.1 Å². The van der Waals surface area contributed by atoms with Gasteiger partial charge < -0.3 is 15.9 Å². The first-order valence-corrected chi connectivity index (χ1v) is 8.21. The summed E-state index contributed by atoms with van der Waals surface area (Å²) in [6.07, 6.45) is 1.13. The molecule has 0 spiro atoms. The van der Waals surface area contributed by atoms with Crippen LogP contribution < -0.4 is 5.73 Å². The molecule has 0 aromatic heterocycles. The highest BCUT2D eigenvalue weighted by Crippen LogP contribution is 2.25. The number of nitrogen functional groups attached to an aromatic ring is 1. The summed E-state index contributed by atoms with van der Waals surface area (Å²) in [6, 6.07) is 4.97. The molecule has 0 aliphatic rings. The fourth-order valence-corrected chi connectivity index (χ4v) is 2.33. The van der Waals surface area contributed by atoms with E-state index in [9.17, 15) is 4.79 Å². The van der Waals surface area contributed by atoms with E-state index in [-0.39, 0.29) is 5.56 Å². The van der Waals surface area contributed by atoms with Crippen LogP contribution in [0.1, 0.15) is 51.4 Å². The summed E-state index contributed by atoms with van der Waals surface area (Å²) in [5, 5.41) is 16.3. The van der Waals surface area contributed by atoms with Crippen molar-refractivity contribution in [3.63, 3.8) is 0 Å². The molecule has 126 valence electrons. The summed E-state index contributed by atoms with van der Waals surface area (Å²) in [5.74, 6) is -0.156. The Morgan fingerprint density at radius 1 is 1.23 bits per heavy atom. The van der Waals surface area contributed by atoms with Crippen LogP contribution in [-0.4, -0.2) is 27.9 Å². The molecule has 0 saturated heterocycles. The van der Waals surface area contributed by atoms with Gasteiger partial charge in [-0.2, -0.15) is 0 Å². The number of nitrogens with two attached hydrogens (primary N) is 1. The van der Waals surface area contributed by atoms with Crippen LogP contribution in [0.5, 0.6) is 0 Å². The first kappa shape index (κ1) is 22.6. The largest absolute Gasteiger partial charge is 0.481 e. The van der Waals surface area contributed by atoms with Crippen molar-refractivity contribution >= 4 is 29.4 Å². The average molecular weight is 329 g/mol. The summed E-state index contributed by atoms with van der Waals surface area (Å²) >= 11 is 1.66. The van der Waals surface area contributed by atoms with Crippen molar-refractivity contribution in [1.82, 2.24) is 0 Å². The van der Waals surface area contributed by atoms with Gasteiger partial charge in [0, 0.05) is 23.3 Å². The molecule has 1 aromatic carbocycles. The van der Waals surface area contributed by atoms with Crippen LogP contribution in [0, 0.1) is 5.92 Å². The molecule has 5 nitrogen and oxygen atoms in total. The number of benzene rings is 1. The minimum atomic E-state index is -0.933. The van der Waals surface area contributed by atoms with Gasteiger partial charge >= 0.3 is 5.97 Å². The lowest BCUT2D eigenvalue weighted by molar-refractivity contribution is -0.134. The molecule has 6 heteroatoms. The van der Waals surface area contributed by atoms with Crippen molar-refractivity contribution in [3.8, 4) is 0 Å². The number of thioether (sulfide) groups is 1. The van der Waals surface area contributed by atoms with E-state index in [1.807, 2.05) is 19.9 Å². The Hall–Kier alpha value is -1.69. The molecule has 4 N–H and O–H groups in total. The number of hydrogen-bond donors (Lipinski definition) is 3. The van der Waals surface area contributed by atoms with Crippen LogP contribution in [0.4, 0.5) is 5.69 Å². The number of carboxylic acid groups (broad SMARTS) is 2. The normalized spacial score (nSPS) is 10.4. The number of anilines is 1. The maximum atomic E-state index is 10.8. The van der Waals surface area contributed by atoms with Gasteiger partial charge in [-0.05, 0) is 24.1 Å². The highest BCUT2D eigenvalue weighted by atomic mass is 32.2.